The van der Waals surface area contributed by atoms with Gasteiger partial charge in [0.15, 0.2) is 6.29 Å². The van der Waals surface area contributed by atoms with E-state index in [-0.39, 0.29) is 13.0 Å². The predicted octanol–water partition coefficient (Wildman–Crippen LogP) is -2.19. The molecule has 1 aliphatic heterocycles. The highest BCUT2D eigenvalue weighted by Gasteiger charge is 2.34. The third kappa shape index (κ3) is 1.88. The van der Waals surface area contributed by atoms with Crippen LogP contribution in [-0.4, -0.2) is 51.6 Å². The van der Waals surface area contributed by atoms with Crippen molar-refractivity contribution in [1.82, 2.24) is 0 Å². The molecule has 0 radical (unpaired) electrons. The lowest BCUT2D eigenvalue weighted by molar-refractivity contribution is -0.251. The summed E-state index contributed by atoms with van der Waals surface area (Å²) in [4.78, 5) is 0. The number of ether oxygens (including phenoxy) is 1. The van der Waals surface area contributed by atoms with Crippen LogP contribution in [0.5, 0.6) is 0 Å². The van der Waals surface area contributed by atoms with Crippen molar-refractivity contribution in [2.24, 2.45) is 0 Å². The Bertz CT molecular complexity index is 116. The van der Waals surface area contributed by atoms with Gasteiger partial charge in [-0.2, -0.15) is 0 Å². The molecule has 11 heavy (non-hydrogen) atoms. The van der Waals surface area contributed by atoms with Crippen molar-refractivity contribution in [1.29, 1.82) is 0 Å². The average Bonchev–Trinajstić information content (AvgIpc) is 1.99. The summed E-state index contributed by atoms with van der Waals surface area (Å²) in [7, 11) is 0. The van der Waals surface area contributed by atoms with Crippen molar-refractivity contribution < 1.29 is 25.2 Å². The predicted molar refractivity (Wildman–Crippen MR) is 34.6 cm³/mol. The van der Waals surface area contributed by atoms with Crippen LogP contribution in [0.2, 0.25) is 0 Å². The van der Waals surface area contributed by atoms with Crippen molar-refractivity contribution in [3.63, 3.8) is 0 Å². The van der Waals surface area contributed by atoms with Crippen LogP contribution in [0.3, 0.4) is 0 Å². The van der Waals surface area contributed by atoms with Gasteiger partial charge < -0.3 is 25.2 Å². The lowest BCUT2D eigenvalue weighted by Crippen LogP contribution is -2.49. The van der Waals surface area contributed by atoms with E-state index in [4.69, 9.17) is 25.2 Å². The molecule has 5 heteroatoms. The van der Waals surface area contributed by atoms with E-state index in [0.29, 0.717) is 0 Å². The second kappa shape index (κ2) is 3.46. The standard InChI is InChI=1S/C6H12O5/c7-2-3-1-4(8)5(9)6(10)11-3/h3-10H,1-2H2/t3?,4-,5?,6-/m0/s1. The molecule has 66 valence electrons. The Morgan fingerprint density at radius 1 is 1.27 bits per heavy atom. The largest absolute Gasteiger partial charge is 0.394 e. The third-order valence-corrected chi connectivity index (χ3v) is 1.73. The van der Waals surface area contributed by atoms with Gasteiger partial charge in [0.25, 0.3) is 0 Å². The first-order valence-electron chi connectivity index (χ1n) is 3.45. The molecule has 1 rings (SSSR count). The molecule has 4 N–H and O–H groups in total. The summed E-state index contributed by atoms with van der Waals surface area (Å²) >= 11 is 0. The maximum atomic E-state index is 9.05. The first-order valence-corrected chi connectivity index (χ1v) is 3.45. The van der Waals surface area contributed by atoms with Crippen LogP contribution in [0.1, 0.15) is 6.42 Å². The first-order chi connectivity index (χ1) is 5.15. The maximum absolute atomic E-state index is 9.05. The monoisotopic (exact) mass is 164 g/mol. The maximum Gasteiger partial charge on any atom is 0.183 e. The van der Waals surface area contributed by atoms with Gasteiger partial charge in [0, 0.05) is 6.42 Å². The minimum atomic E-state index is -1.39. The van der Waals surface area contributed by atoms with Gasteiger partial charge >= 0.3 is 0 Å². The van der Waals surface area contributed by atoms with E-state index in [1.54, 1.807) is 0 Å². The molecule has 1 aliphatic rings. The lowest BCUT2D eigenvalue weighted by atomic mass is 10.0. The fourth-order valence-electron chi connectivity index (χ4n) is 1.05. The topological polar surface area (TPSA) is 90.2 Å². The summed E-state index contributed by atoms with van der Waals surface area (Å²) in [6.07, 6.45) is -4.11. The first kappa shape index (κ1) is 8.89. The van der Waals surface area contributed by atoms with E-state index in [1.807, 2.05) is 0 Å². The smallest absolute Gasteiger partial charge is 0.183 e. The van der Waals surface area contributed by atoms with Gasteiger partial charge in [-0.3, -0.25) is 0 Å². The third-order valence-electron chi connectivity index (χ3n) is 1.73. The zero-order valence-corrected chi connectivity index (χ0v) is 5.92. The molecule has 0 spiro atoms. The molecule has 1 saturated heterocycles. The molecule has 1 fully saturated rings. The molecule has 5 nitrogen and oxygen atoms in total. The molecule has 0 aromatic heterocycles. The molecule has 0 bridgehead atoms. The van der Waals surface area contributed by atoms with Crippen LogP contribution in [-0.2, 0) is 4.74 Å². The van der Waals surface area contributed by atoms with Gasteiger partial charge in [0.05, 0.1) is 18.8 Å². The van der Waals surface area contributed by atoms with Gasteiger partial charge in [-0.1, -0.05) is 0 Å². The Morgan fingerprint density at radius 2 is 1.91 bits per heavy atom. The molecule has 0 amide bonds. The highest BCUT2D eigenvalue weighted by molar-refractivity contribution is 4.79. The van der Waals surface area contributed by atoms with E-state index >= 15 is 0 Å². The fraction of sp³-hybridized carbons (Fsp3) is 1.00. The van der Waals surface area contributed by atoms with E-state index in [9.17, 15) is 0 Å². The molecule has 0 aromatic carbocycles. The summed E-state index contributed by atoms with van der Waals surface area (Å²) in [5.74, 6) is 0. The van der Waals surface area contributed by atoms with E-state index in [1.165, 1.54) is 0 Å². The Balaban J connectivity index is 2.47. The van der Waals surface area contributed by atoms with E-state index in [2.05, 4.69) is 0 Å². The molecule has 0 aliphatic carbocycles. The van der Waals surface area contributed by atoms with Crippen LogP contribution >= 0.6 is 0 Å². The van der Waals surface area contributed by atoms with Crippen molar-refractivity contribution in [3.05, 3.63) is 0 Å². The SMILES string of the molecule is OCC1C[C@H](O)C(O)[C@@H](O)O1. The van der Waals surface area contributed by atoms with Crippen molar-refractivity contribution in [3.8, 4) is 0 Å². The van der Waals surface area contributed by atoms with Gasteiger partial charge in [-0.05, 0) is 0 Å². The van der Waals surface area contributed by atoms with Gasteiger partial charge in [0.2, 0.25) is 0 Å². The van der Waals surface area contributed by atoms with Crippen molar-refractivity contribution in [2.75, 3.05) is 6.61 Å². The van der Waals surface area contributed by atoms with E-state index < -0.39 is 24.6 Å². The van der Waals surface area contributed by atoms with Gasteiger partial charge in [-0.25, -0.2) is 0 Å². The lowest BCUT2D eigenvalue weighted by Gasteiger charge is -2.33. The van der Waals surface area contributed by atoms with Crippen molar-refractivity contribution >= 4 is 0 Å². The number of hydrogen-bond donors (Lipinski definition) is 4. The normalized spacial score (nSPS) is 45.8. The average molecular weight is 164 g/mol. The Labute approximate surface area is 63.8 Å². The molecule has 1 heterocycles. The van der Waals surface area contributed by atoms with Crippen LogP contribution in [0, 0.1) is 0 Å². The van der Waals surface area contributed by atoms with Gasteiger partial charge in [0.1, 0.15) is 6.10 Å². The molecular formula is C6H12O5. The Hall–Kier alpha value is -0.200. The summed E-state index contributed by atoms with van der Waals surface area (Å²) in [5.41, 5.74) is 0. The van der Waals surface area contributed by atoms with Crippen LogP contribution in [0.4, 0.5) is 0 Å². The van der Waals surface area contributed by atoms with Crippen LogP contribution < -0.4 is 0 Å². The molecule has 4 atom stereocenters. The fourth-order valence-corrected chi connectivity index (χ4v) is 1.05. The minimum Gasteiger partial charge on any atom is -0.394 e. The Morgan fingerprint density at radius 3 is 2.36 bits per heavy atom. The van der Waals surface area contributed by atoms with Crippen LogP contribution in [0.15, 0.2) is 0 Å². The summed E-state index contributed by atoms with van der Waals surface area (Å²) in [6.45, 7) is -0.263. The highest BCUT2D eigenvalue weighted by atomic mass is 16.6. The zero-order chi connectivity index (χ0) is 8.43. The molecular weight excluding hydrogens is 152 g/mol. The minimum absolute atomic E-state index is 0.148. The number of hydrogen-bond acceptors (Lipinski definition) is 5. The molecule has 2 unspecified atom stereocenters. The van der Waals surface area contributed by atoms with Crippen LogP contribution in [0.25, 0.3) is 0 Å². The second-order valence-electron chi connectivity index (χ2n) is 2.62. The number of aliphatic hydroxyl groups excluding tert-OH is 4. The quantitative estimate of drug-likeness (QED) is 0.353. The second-order valence-corrected chi connectivity index (χ2v) is 2.62. The summed E-state index contributed by atoms with van der Waals surface area (Å²) < 4.78 is 4.71. The van der Waals surface area contributed by atoms with Crippen molar-refractivity contribution in [2.45, 2.75) is 31.0 Å². The van der Waals surface area contributed by atoms with Gasteiger partial charge in [-0.15, -0.1) is 0 Å². The molecule has 0 saturated carbocycles. The highest BCUT2D eigenvalue weighted by Crippen LogP contribution is 2.17. The summed E-state index contributed by atoms with van der Waals surface area (Å²) in [5, 5.41) is 35.5. The number of aliphatic hydroxyl groups is 4. The van der Waals surface area contributed by atoms with E-state index in [0.717, 1.165) is 0 Å². The Kier molecular flexibility index (Phi) is 2.80. The zero-order valence-electron chi connectivity index (χ0n) is 5.92. The summed E-state index contributed by atoms with van der Waals surface area (Å²) in [6, 6.07) is 0. The number of rotatable bonds is 1. The molecule has 0 aromatic rings.